The van der Waals surface area contributed by atoms with E-state index in [-0.39, 0.29) is 20.8 Å². The highest BCUT2D eigenvalue weighted by atomic mass is 32.2. The number of nitrogens with zero attached hydrogens (tertiary/aromatic N) is 3. The van der Waals surface area contributed by atoms with Gasteiger partial charge in [0.2, 0.25) is 5.13 Å². The number of sulfonamides is 1. The summed E-state index contributed by atoms with van der Waals surface area (Å²) in [6.07, 6.45) is 0. The number of anilines is 2. The maximum absolute atomic E-state index is 12.4. The first-order valence-corrected chi connectivity index (χ1v) is 10.0. The summed E-state index contributed by atoms with van der Waals surface area (Å²) in [4.78, 5) is 22.5. The van der Waals surface area contributed by atoms with Gasteiger partial charge >= 0.3 is 0 Å². The molecular weight excluding hydrogens is 406 g/mol. The van der Waals surface area contributed by atoms with Crippen molar-refractivity contribution in [3.8, 4) is 0 Å². The third-order valence-electron chi connectivity index (χ3n) is 3.56. The maximum atomic E-state index is 12.4. The normalized spacial score (nSPS) is 11.0. The van der Waals surface area contributed by atoms with Gasteiger partial charge in [0.25, 0.3) is 26.0 Å². The van der Waals surface area contributed by atoms with E-state index in [1.54, 1.807) is 31.2 Å². The lowest BCUT2D eigenvalue weighted by atomic mass is 10.1. The lowest BCUT2D eigenvalue weighted by Crippen LogP contribution is -2.13. The van der Waals surface area contributed by atoms with Crippen LogP contribution in [0, 0.1) is 17.0 Å². The van der Waals surface area contributed by atoms with Crippen molar-refractivity contribution in [2.24, 2.45) is 0 Å². The molecule has 1 aromatic heterocycles. The zero-order chi connectivity index (χ0) is 20.3. The molecule has 0 aliphatic carbocycles. The second-order valence-electron chi connectivity index (χ2n) is 5.56. The summed E-state index contributed by atoms with van der Waals surface area (Å²) >= 11 is 0.660. The first kappa shape index (κ1) is 19.4. The van der Waals surface area contributed by atoms with Crippen LogP contribution in [0.15, 0.2) is 52.9 Å². The second-order valence-corrected chi connectivity index (χ2v) is 8.39. The highest BCUT2D eigenvalue weighted by Gasteiger charge is 2.22. The van der Waals surface area contributed by atoms with Crippen molar-refractivity contribution in [2.75, 3.05) is 10.0 Å². The Kier molecular flexibility index (Phi) is 5.33. The summed E-state index contributed by atoms with van der Waals surface area (Å²) in [6.45, 7) is 1.77. The van der Waals surface area contributed by atoms with Crippen LogP contribution < -0.4 is 10.0 Å². The molecule has 0 unspecified atom stereocenters. The SMILES string of the molecule is Cc1ccccc1C(=O)Nc1nnc(S(=O)(=O)Nc2cccc([N+](=O)[O-])c2)s1. The molecule has 12 heteroatoms. The Morgan fingerprint density at radius 3 is 2.61 bits per heavy atom. The van der Waals surface area contributed by atoms with E-state index in [2.05, 4.69) is 20.2 Å². The Bertz CT molecular complexity index is 1160. The van der Waals surface area contributed by atoms with E-state index >= 15 is 0 Å². The minimum Gasteiger partial charge on any atom is -0.296 e. The number of hydrogen-bond donors (Lipinski definition) is 2. The molecule has 0 atom stereocenters. The number of hydrogen-bond acceptors (Lipinski definition) is 8. The van der Waals surface area contributed by atoms with Crippen LogP contribution in [0.2, 0.25) is 0 Å². The van der Waals surface area contributed by atoms with Crippen molar-refractivity contribution in [3.05, 3.63) is 69.8 Å². The number of nitrogens with one attached hydrogen (secondary N) is 2. The van der Waals surface area contributed by atoms with Crippen LogP contribution in [0.3, 0.4) is 0 Å². The summed E-state index contributed by atoms with van der Waals surface area (Å²) in [5, 5.41) is 20.6. The molecule has 0 radical (unpaired) electrons. The molecule has 0 saturated carbocycles. The largest absolute Gasteiger partial charge is 0.296 e. The molecule has 0 aliphatic heterocycles. The van der Waals surface area contributed by atoms with Crippen LogP contribution in [0.25, 0.3) is 0 Å². The molecule has 0 bridgehead atoms. The van der Waals surface area contributed by atoms with Crippen molar-refractivity contribution in [1.29, 1.82) is 0 Å². The molecule has 1 amide bonds. The first-order chi connectivity index (χ1) is 13.3. The zero-order valence-electron chi connectivity index (χ0n) is 14.3. The van der Waals surface area contributed by atoms with Gasteiger partial charge in [-0.05, 0) is 24.6 Å². The summed E-state index contributed by atoms with van der Waals surface area (Å²) in [7, 11) is -4.12. The van der Waals surface area contributed by atoms with Crippen molar-refractivity contribution < 1.29 is 18.1 Å². The Labute approximate surface area is 163 Å². The molecule has 144 valence electrons. The Balaban J connectivity index is 1.77. The van der Waals surface area contributed by atoms with E-state index in [0.29, 0.717) is 16.9 Å². The van der Waals surface area contributed by atoms with Gasteiger partial charge in [0.05, 0.1) is 10.6 Å². The van der Waals surface area contributed by atoms with Gasteiger partial charge in [-0.2, -0.15) is 8.42 Å². The van der Waals surface area contributed by atoms with E-state index in [1.807, 2.05) is 0 Å². The number of aryl methyl sites for hydroxylation is 1. The Morgan fingerprint density at radius 1 is 1.14 bits per heavy atom. The lowest BCUT2D eigenvalue weighted by molar-refractivity contribution is -0.384. The smallest absolute Gasteiger partial charge is 0.291 e. The van der Waals surface area contributed by atoms with Crippen molar-refractivity contribution in [2.45, 2.75) is 11.3 Å². The van der Waals surface area contributed by atoms with Crippen LogP contribution in [-0.2, 0) is 10.0 Å². The molecule has 10 nitrogen and oxygen atoms in total. The van der Waals surface area contributed by atoms with E-state index in [4.69, 9.17) is 0 Å². The van der Waals surface area contributed by atoms with Crippen LogP contribution in [-0.4, -0.2) is 29.4 Å². The number of rotatable bonds is 6. The third kappa shape index (κ3) is 4.29. The zero-order valence-corrected chi connectivity index (χ0v) is 16.0. The van der Waals surface area contributed by atoms with E-state index in [0.717, 1.165) is 11.6 Å². The van der Waals surface area contributed by atoms with Gasteiger partial charge in [-0.3, -0.25) is 24.9 Å². The molecule has 0 fully saturated rings. The highest BCUT2D eigenvalue weighted by molar-refractivity contribution is 7.94. The average molecular weight is 419 g/mol. The lowest BCUT2D eigenvalue weighted by Gasteiger charge is -2.05. The molecule has 3 aromatic rings. The fraction of sp³-hybridized carbons (Fsp3) is 0.0625. The second kappa shape index (κ2) is 7.70. The molecule has 0 spiro atoms. The minimum absolute atomic E-state index is 0.00710. The molecule has 2 N–H and O–H groups in total. The molecule has 28 heavy (non-hydrogen) atoms. The molecular formula is C16H13N5O5S2. The quantitative estimate of drug-likeness (QED) is 0.355. The number of aromatic nitrogens is 2. The summed E-state index contributed by atoms with van der Waals surface area (Å²) < 4.78 is 26.7. The number of nitro groups is 1. The van der Waals surface area contributed by atoms with Gasteiger partial charge in [-0.25, -0.2) is 0 Å². The highest BCUT2D eigenvalue weighted by Crippen LogP contribution is 2.25. The van der Waals surface area contributed by atoms with Gasteiger partial charge in [-0.15, -0.1) is 10.2 Å². The van der Waals surface area contributed by atoms with Crippen molar-refractivity contribution in [1.82, 2.24) is 10.2 Å². The average Bonchev–Trinajstić information content (AvgIpc) is 3.11. The predicted octanol–water partition coefficient (Wildman–Crippen LogP) is 2.81. The molecule has 1 heterocycles. The summed E-state index contributed by atoms with van der Waals surface area (Å²) in [5.41, 5.74) is 0.931. The maximum Gasteiger partial charge on any atom is 0.291 e. The number of nitro benzene ring substituents is 1. The fourth-order valence-electron chi connectivity index (χ4n) is 2.24. The van der Waals surface area contributed by atoms with Gasteiger partial charge in [-0.1, -0.05) is 35.6 Å². The number of benzene rings is 2. The summed E-state index contributed by atoms with van der Waals surface area (Å²) in [6, 6.07) is 11.9. The topological polar surface area (TPSA) is 144 Å². The number of non-ortho nitro benzene ring substituents is 1. The minimum atomic E-state index is -4.12. The van der Waals surface area contributed by atoms with E-state index in [1.165, 1.54) is 18.2 Å². The van der Waals surface area contributed by atoms with Crippen LogP contribution in [0.4, 0.5) is 16.5 Å². The van der Waals surface area contributed by atoms with Crippen LogP contribution >= 0.6 is 11.3 Å². The third-order valence-corrected chi connectivity index (χ3v) is 6.14. The van der Waals surface area contributed by atoms with Gasteiger partial charge in [0.15, 0.2) is 0 Å². The molecule has 0 aliphatic rings. The van der Waals surface area contributed by atoms with E-state index in [9.17, 15) is 23.3 Å². The fourth-order valence-corrected chi connectivity index (χ4v) is 4.19. The van der Waals surface area contributed by atoms with Crippen LogP contribution in [0.1, 0.15) is 15.9 Å². The number of carbonyl (C=O) groups excluding carboxylic acids is 1. The Morgan fingerprint density at radius 2 is 1.89 bits per heavy atom. The standard InChI is InChI=1S/C16H13N5O5S2/c1-10-5-2-3-8-13(10)14(22)17-15-18-19-16(27-15)28(25,26)20-11-6-4-7-12(9-11)21(23)24/h2-9,20H,1H3,(H,17,18,22). The first-order valence-electron chi connectivity index (χ1n) is 7.74. The van der Waals surface area contributed by atoms with Crippen LogP contribution in [0.5, 0.6) is 0 Å². The van der Waals surface area contributed by atoms with Crippen molar-refractivity contribution >= 4 is 43.8 Å². The molecule has 0 saturated heterocycles. The number of carbonyl (C=O) groups is 1. The van der Waals surface area contributed by atoms with E-state index < -0.39 is 20.9 Å². The van der Waals surface area contributed by atoms with Crippen molar-refractivity contribution in [3.63, 3.8) is 0 Å². The predicted molar refractivity (Wildman–Crippen MR) is 103 cm³/mol. The summed E-state index contributed by atoms with van der Waals surface area (Å²) in [5.74, 6) is -0.440. The molecule has 3 rings (SSSR count). The van der Waals surface area contributed by atoms with Gasteiger partial charge < -0.3 is 0 Å². The Hall–Kier alpha value is -3.38. The number of amides is 1. The van der Waals surface area contributed by atoms with Gasteiger partial charge in [0, 0.05) is 17.7 Å². The molecule has 2 aromatic carbocycles. The van der Waals surface area contributed by atoms with Gasteiger partial charge in [0.1, 0.15) is 0 Å². The monoisotopic (exact) mass is 419 g/mol.